The molecule has 1 aliphatic heterocycles. The smallest absolute Gasteiger partial charge is 0.184 e. The highest BCUT2D eigenvalue weighted by molar-refractivity contribution is 7.80. The van der Waals surface area contributed by atoms with Gasteiger partial charge in [0.15, 0.2) is 6.29 Å². The molecule has 0 unspecified atom stereocenters. The predicted octanol–water partition coefficient (Wildman–Crippen LogP) is 2.02. The minimum Gasteiger partial charge on any atom is -0.346 e. The van der Waals surface area contributed by atoms with E-state index in [1.165, 1.54) is 0 Å². The lowest BCUT2D eigenvalue weighted by molar-refractivity contribution is -0.0441. The van der Waals surface area contributed by atoms with Gasteiger partial charge in [0.1, 0.15) is 0 Å². The van der Waals surface area contributed by atoms with E-state index >= 15 is 0 Å². The average Bonchev–Trinajstić information content (AvgIpc) is 2.58. The van der Waals surface area contributed by atoms with Crippen LogP contribution in [0.1, 0.15) is 11.9 Å². The van der Waals surface area contributed by atoms with Crippen LogP contribution in [0.4, 0.5) is 0 Å². The van der Waals surface area contributed by atoms with E-state index in [9.17, 15) is 0 Å². The minimum absolute atomic E-state index is 0.168. The summed E-state index contributed by atoms with van der Waals surface area (Å²) in [5.74, 6) is 0. The first-order valence-electron chi connectivity index (χ1n) is 3.88. The van der Waals surface area contributed by atoms with E-state index in [1.807, 2.05) is 24.3 Å². The maximum Gasteiger partial charge on any atom is 0.184 e. The molecule has 2 nitrogen and oxygen atoms in total. The van der Waals surface area contributed by atoms with Gasteiger partial charge < -0.3 is 9.47 Å². The quantitative estimate of drug-likeness (QED) is 0.670. The second-order valence-corrected chi connectivity index (χ2v) is 3.18. The third-order valence-electron chi connectivity index (χ3n) is 1.79. The van der Waals surface area contributed by atoms with Crippen LogP contribution in [-0.4, -0.2) is 13.2 Å². The van der Waals surface area contributed by atoms with Crippen molar-refractivity contribution in [2.75, 3.05) is 13.2 Å². The maximum atomic E-state index is 5.33. The molecule has 0 spiro atoms. The SMILES string of the molecule is Sc1ccc(C2OCCO2)cc1. The molecule has 1 saturated heterocycles. The standard InChI is InChI=1S/C9H10O2S/c12-8-3-1-7(2-4-8)9-10-5-6-11-9/h1-4,9,12H,5-6H2. The molecule has 1 aromatic rings. The number of benzene rings is 1. The second-order valence-electron chi connectivity index (χ2n) is 2.67. The Morgan fingerprint density at radius 1 is 1.08 bits per heavy atom. The fourth-order valence-electron chi connectivity index (χ4n) is 1.18. The van der Waals surface area contributed by atoms with Gasteiger partial charge in [0.05, 0.1) is 13.2 Å². The summed E-state index contributed by atoms with van der Waals surface area (Å²) in [5.41, 5.74) is 1.06. The van der Waals surface area contributed by atoms with Crippen LogP contribution in [0.15, 0.2) is 29.2 Å². The highest BCUT2D eigenvalue weighted by Gasteiger charge is 2.17. The number of thiol groups is 1. The summed E-state index contributed by atoms with van der Waals surface area (Å²) in [4.78, 5) is 0.955. The van der Waals surface area contributed by atoms with Crippen molar-refractivity contribution in [1.29, 1.82) is 0 Å². The lowest BCUT2D eigenvalue weighted by atomic mass is 10.2. The lowest BCUT2D eigenvalue weighted by Crippen LogP contribution is -1.96. The van der Waals surface area contributed by atoms with Crippen molar-refractivity contribution in [3.63, 3.8) is 0 Å². The minimum atomic E-state index is -0.168. The van der Waals surface area contributed by atoms with Crippen molar-refractivity contribution in [2.24, 2.45) is 0 Å². The molecule has 0 aromatic heterocycles. The molecule has 12 heavy (non-hydrogen) atoms. The molecule has 1 aliphatic rings. The Hall–Kier alpha value is -0.510. The van der Waals surface area contributed by atoms with Gasteiger partial charge in [-0.05, 0) is 12.1 Å². The summed E-state index contributed by atoms with van der Waals surface area (Å²) in [6, 6.07) is 7.81. The van der Waals surface area contributed by atoms with Gasteiger partial charge in [-0.25, -0.2) is 0 Å². The molecule has 1 fully saturated rings. The van der Waals surface area contributed by atoms with Crippen molar-refractivity contribution in [1.82, 2.24) is 0 Å². The van der Waals surface area contributed by atoms with E-state index in [2.05, 4.69) is 12.6 Å². The number of rotatable bonds is 1. The Bertz CT molecular complexity index is 252. The van der Waals surface area contributed by atoms with Crippen LogP contribution < -0.4 is 0 Å². The Balaban J connectivity index is 2.17. The largest absolute Gasteiger partial charge is 0.346 e. The average molecular weight is 182 g/mol. The normalized spacial score (nSPS) is 18.4. The van der Waals surface area contributed by atoms with Gasteiger partial charge in [-0.3, -0.25) is 0 Å². The zero-order chi connectivity index (χ0) is 8.39. The Labute approximate surface area is 76.9 Å². The Morgan fingerprint density at radius 2 is 1.67 bits per heavy atom. The molecule has 0 saturated carbocycles. The molecule has 0 atom stereocenters. The van der Waals surface area contributed by atoms with Crippen molar-refractivity contribution >= 4 is 12.6 Å². The molecular weight excluding hydrogens is 172 g/mol. The van der Waals surface area contributed by atoms with Crippen LogP contribution in [0.25, 0.3) is 0 Å². The molecule has 0 aliphatic carbocycles. The highest BCUT2D eigenvalue weighted by Crippen LogP contribution is 2.23. The van der Waals surface area contributed by atoms with Crippen molar-refractivity contribution in [3.05, 3.63) is 29.8 Å². The molecule has 64 valence electrons. The summed E-state index contributed by atoms with van der Waals surface area (Å²) >= 11 is 4.19. The van der Waals surface area contributed by atoms with Crippen LogP contribution in [0.3, 0.4) is 0 Å². The van der Waals surface area contributed by atoms with Gasteiger partial charge in [-0.2, -0.15) is 0 Å². The van der Waals surface area contributed by atoms with Crippen LogP contribution in [-0.2, 0) is 9.47 Å². The molecular formula is C9H10O2S. The van der Waals surface area contributed by atoms with Crippen molar-refractivity contribution in [2.45, 2.75) is 11.2 Å². The zero-order valence-corrected chi connectivity index (χ0v) is 7.46. The monoisotopic (exact) mass is 182 g/mol. The second kappa shape index (κ2) is 3.47. The van der Waals surface area contributed by atoms with E-state index in [4.69, 9.17) is 9.47 Å². The number of hydrogen-bond donors (Lipinski definition) is 1. The predicted molar refractivity (Wildman–Crippen MR) is 48.3 cm³/mol. The van der Waals surface area contributed by atoms with Crippen LogP contribution >= 0.6 is 12.6 Å². The van der Waals surface area contributed by atoms with Gasteiger partial charge in [-0.15, -0.1) is 12.6 Å². The summed E-state index contributed by atoms with van der Waals surface area (Å²) in [6.45, 7) is 1.38. The molecule has 1 aromatic carbocycles. The Kier molecular flexibility index (Phi) is 2.35. The molecule has 3 heteroatoms. The first kappa shape index (κ1) is 8.10. The summed E-state index contributed by atoms with van der Waals surface area (Å²) < 4.78 is 10.7. The summed E-state index contributed by atoms with van der Waals surface area (Å²) in [7, 11) is 0. The molecule has 1 heterocycles. The molecule has 2 rings (SSSR count). The fraction of sp³-hybridized carbons (Fsp3) is 0.333. The fourth-order valence-corrected chi connectivity index (χ4v) is 1.33. The van der Waals surface area contributed by atoms with E-state index in [0.29, 0.717) is 13.2 Å². The zero-order valence-electron chi connectivity index (χ0n) is 6.56. The van der Waals surface area contributed by atoms with Gasteiger partial charge in [0.2, 0.25) is 0 Å². The number of ether oxygens (including phenoxy) is 2. The van der Waals surface area contributed by atoms with Gasteiger partial charge in [0, 0.05) is 10.5 Å². The first-order valence-corrected chi connectivity index (χ1v) is 4.33. The van der Waals surface area contributed by atoms with E-state index in [-0.39, 0.29) is 6.29 Å². The van der Waals surface area contributed by atoms with Crippen LogP contribution in [0.2, 0.25) is 0 Å². The number of hydrogen-bond acceptors (Lipinski definition) is 3. The third kappa shape index (κ3) is 1.63. The lowest BCUT2D eigenvalue weighted by Gasteiger charge is -2.08. The van der Waals surface area contributed by atoms with Gasteiger partial charge in [0.25, 0.3) is 0 Å². The van der Waals surface area contributed by atoms with Crippen molar-refractivity contribution in [3.8, 4) is 0 Å². The summed E-state index contributed by atoms with van der Waals surface area (Å²) in [5, 5.41) is 0. The van der Waals surface area contributed by atoms with Gasteiger partial charge >= 0.3 is 0 Å². The van der Waals surface area contributed by atoms with E-state index < -0.39 is 0 Å². The maximum absolute atomic E-state index is 5.33. The third-order valence-corrected chi connectivity index (χ3v) is 2.09. The molecule has 0 radical (unpaired) electrons. The van der Waals surface area contributed by atoms with Crippen LogP contribution in [0, 0.1) is 0 Å². The van der Waals surface area contributed by atoms with E-state index in [0.717, 1.165) is 10.5 Å². The van der Waals surface area contributed by atoms with Crippen LogP contribution in [0.5, 0.6) is 0 Å². The van der Waals surface area contributed by atoms with Crippen molar-refractivity contribution < 1.29 is 9.47 Å². The van der Waals surface area contributed by atoms with E-state index in [1.54, 1.807) is 0 Å². The summed E-state index contributed by atoms with van der Waals surface area (Å²) in [6.07, 6.45) is -0.168. The first-order chi connectivity index (χ1) is 5.86. The van der Waals surface area contributed by atoms with Gasteiger partial charge in [-0.1, -0.05) is 12.1 Å². The topological polar surface area (TPSA) is 18.5 Å². The molecule has 0 N–H and O–H groups in total. The molecule has 0 bridgehead atoms. The Morgan fingerprint density at radius 3 is 2.25 bits per heavy atom. The highest BCUT2D eigenvalue weighted by atomic mass is 32.1. The molecule has 0 amide bonds.